The summed E-state index contributed by atoms with van der Waals surface area (Å²) in [6, 6.07) is 12.5. The molecule has 1 aliphatic heterocycles. The lowest BCUT2D eigenvalue weighted by molar-refractivity contribution is 0.519. The number of aromatic nitrogens is 1. The molecule has 2 heterocycles. The summed E-state index contributed by atoms with van der Waals surface area (Å²) in [5.41, 5.74) is 0.790. The van der Waals surface area contributed by atoms with Crippen molar-refractivity contribution in [3.63, 3.8) is 0 Å². The highest BCUT2D eigenvalue weighted by atomic mass is 35.5. The number of hydrogen-bond acceptors (Lipinski definition) is 4. The Morgan fingerprint density at radius 3 is 2.65 bits per heavy atom. The number of hydrogen-bond donors (Lipinski definition) is 1. The molecule has 1 aromatic heterocycles. The zero-order valence-electron chi connectivity index (χ0n) is 12.5. The zero-order valence-corrected chi connectivity index (χ0v) is 13.2. The van der Waals surface area contributed by atoms with Crippen molar-refractivity contribution in [2.45, 2.75) is 18.9 Å². The van der Waals surface area contributed by atoms with Crippen LogP contribution < -0.4 is 10.2 Å². The van der Waals surface area contributed by atoms with Gasteiger partial charge in [-0.25, -0.2) is 9.37 Å². The normalized spacial score (nSPS) is 15.3. The van der Waals surface area contributed by atoms with Gasteiger partial charge in [0.1, 0.15) is 17.7 Å². The van der Waals surface area contributed by atoms with Gasteiger partial charge in [0, 0.05) is 19.1 Å². The highest BCUT2D eigenvalue weighted by molar-refractivity contribution is 6.31. The largest absolute Gasteiger partial charge is 0.380 e. The highest BCUT2D eigenvalue weighted by Gasteiger charge is 2.21. The maximum atomic E-state index is 13.7. The summed E-state index contributed by atoms with van der Waals surface area (Å²) >= 11 is 5.91. The van der Waals surface area contributed by atoms with Gasteiger partial charge in [-0.05, 0) is 37.1 Å². The van der Waals surface area contributed by atoms with E-state index in [9.17, 15) is 4.39 Å². The Kier molecular flexibility index (Phi) is 4.63. The molecule has 2 aromatic rings. The summed E-state index contributed by atoms with van der Waals surface area (Å²) in [5.74, 6) is 0.531. The first-order chi connectivity index (χ1) is 11.2. The fraction of sp³-hybridized carbons (Fsp3) is 0.294. The number of pyridine rings is 1. The average molecular weight is 331 g/mol. The Bertz CT molecular complexity index is 736. The third-order valence-electron chi connectivity index (χ3n) is 3.99. The van der Waals surface area contributed by atoms with Gasteiger partial charge >= 0.3 is 0 Å². The predicted molar refractivity (Wildman–Crippen MR) is 89.2 cm³/mol. The van der Waals surface area contributed by atoms with E-state index in [4.69, 9.17) is 16.9 Å². The van der Waals surface area contributed by atoms with E-state index in [1.165, 1.54) is 6.07 Å². The molecule has 0 radical (unpaired) electrons. The van der Waals surface area contributed by atoms with Crippen molar-refractivity contribution >= 4 is 23.1 Å². The Balaban J connectivity index is 1.63. The van der Waals surface area contributed by atoms with Gasteiger partial charge in [-0.1, -0.05) is 23.7 Å². The summed E-state index contributed by atoms with van der Waals surface area (Å²) < 4.78 is 13.7. The molecule has 1 saturated heterocycles. The second-order valence-corrected chi connectivity index (χ2v) is 5.90. The Labute approximate surface area is 139 Å². The maximum absolute atomic E-state index is 13.7. The van der Waals surface area contributed by atoms with Gasteiger partial charge < -0.3 is 10.2 Å². The van der Waals surface area contributed by atoms with Gasteiger partial charge in [-0.2, -0.15) is 5.26 Å². The number of halogens is 2. The molecule has 0 spiro atoms. The van der Waals surface area contributed by atoms with Crippen molar-refractivity contribution in [3.05, 3.63) is 52.9 Å². The van der Waals surface area contributed by atoms with Crippen LogP contribution in [0, 0.1) is 17.1 Å². The van der Waals surface area contributed by atoms with Crippen molar-refractivity contribution in [1.29, 1.82) is 5.26 Å². The molecule has 4 nitrogen and oxygen atoms in total. The zero-order chi connectivity index (χ0) is 16.2. The van der Waals surface area contributed by atoms with Gasteiger partial charge in [-0.3, -0.25) is 0 Å². The smallest absolute Gasteiger partial charge is 0.161 e. The summed E-state index contributed by atoms with van der Waals surface area (Å²) in [6.07, 6.45) is 1.75. The molecule has 1 aliphatic rings. The molecular weight excluding hydrogens is 315 g/mol. The molecule has 0 atom stereocenters. The second-order valence-electron chi connectivity index (χ2n) is 5.50. The van der Waals surface area contributed by atoms with Crippen LogP contribution in [0.25, 0.3) is 0 Å². The molecule has 0 aliphatic carbocycles. The fourth-order valence-electron chi connectivity index (χ4n) is 2.74. The van der Waals surface area contributed by atoms with E-state index in [0.717, 1.165) is 31.7 Å². The maximum Gasteiger partial charge on any atom is 0.161 e. The van der Waals surface area contributed by atoms with Crippen molar-refractivity contribution < 1.29 is 4.39 Å². The Morgan fingerprint density at radius 2 is 1.96 bits per heavy atom. The van der Waals surface area contributed by atoms with Crippen LogP contribution >= 0.6 is 11.6 Å². The molecular formula is C17H16ClFN4. The van der Waals surface area contributed by atoms with E-state index in [0.29, 0.717) is 10.7 Å². The summed E-state index contributed by atoms with van der Waals surface area (Å²) in [6.45, 7) is 1.59. The van der Waals surface area contributed by atoms with Crippen molar-refractivity contribution in [2.75, 3.05) is 23.3 Å². The molecule has 0 bridgehead atoms. The third kappa shape index (κ3) is 3.54. The number of para-hydroxylation sites is 1. The van der Waals surface area contributed by atoms with Crippen LogP contribution in [0.3, 0.4) is 0 Å². The monoisotopic (exact) mass is 330 g/mol. The van der Waals surface area contributed by atoms with Gasteiger partial charge in [0.15, 0.2) is 5.69 Å². The lowest BCUT2D eigenvalue weighted by Crippen LogP contribution is -2.39. The summed E-state index contributed by atoms with van der Waals surface area (Å²) in [5, 5.41) is 12.6. The van der Waals surface area contributed by atoms with Gasteiger partial charge in [-0.15, -0.1) is 0 Å². The van der Waals surface area contributed by atoms with Crippen LogP contribution in [0.2, 0.25) is 5.02 Å². The van der Waals surface area contributed by atoms with E-state index in [1.54, 1.807) is 18.2 Å². The lowest BCUT2D eigenvalue weighted by atomic mass is 10.0. The molecule has 1 N–H and O–H groups in total. The van der Waals surface area contributed by atoms with E-state index < -0.39 is 0 Å². The topological polar surface area (TPSA) is 52.0 Å². The first-order valence-electron chi connectivity index (χ1n) is 7.50. The van der Waals surface area contributed by atoms with Crippen LogP contribution in [-0.4, -0.2) is 24.1 Å². The first-order valence-corrected chi connectivity index (χ1v) is 7.88. The number of nitriles is 1. The van der Waals surface area contributed by atoms with E-state index >= 15 is 0 Å². The average Bonchev–Trinajstić information content (AvgIpc) is 2.58. The number of benzene rings is 1. The predicted octanol–water partition coefficient (Wildman–Crippen LogP) is 3.83. The highest BCUT2D eigenvalue weighted by Crippen LogP contribution is 2.24. The quantitative estimate of drug-likeness (QED) is 0.929. The lowest BCUT2D eigenvalue weighted by Gasteiger charge is -2.33. The standard InChI is InChI=1S/C17H16ClFN4/c18-13-5-6-17(22-16(13)11-20)23-9-7-12(8-10-23)21-15-4-2-1-3-14(15)19/h1-6,12,21H,7-10H2. The minimum Gasteiger partial charge on any atom is -0.380 e. The molecule has 3 rings (SSSR count). The molecule has 118 valence electrons. The van der Waals surface area contributed by atoms with Crippen molar-refractivity contribution in [2.24, 2.45) is 0 Å². The number of anilines is 2. The van der Waals surface area contributed by atoms with Crippen molar-refractivity contribution in [3.8, 4) is 6.07 Å². The first kappa shape index (κ1) is 15.6. The molecule has 1 fully saturated rings. The van der Waals surface area contributed by atoms with E-state index in [-0.39, 0.29) is 17.6 Å². The molecule has 0 unspecified atom stereocenters. The second kappa shape index (κ2) is 6.84. The van der Waals surface area contributed by atoms with E-state index in [2.05, 4.69) is 15.2 Å². The third-order valence-corrected chi connectivity index (χ3v) is 4.29. The van der Waals surface area contributed by atoms with Crippen LogP contribution in [0.5, 0.6) is 0 Å². The van der Waals surface area contributed by atoms with Gasteiger partial charge in [0.2, 0.25) is 0 Å². The molecule has 0 amide bonds. The number of rotatable bonds is 3. The molecule has 6 heteroatoms. The van der Waals surface area contributed by atoms with Crippen molar-refractivity contribution in [1.82, 2.24) is 4.98 Å². The van der Waals surface area contributed by atoms with E-state index in [1.807, 2.05) is 18.2 Å². The van der Waals surface area contributed by atoms with Crippen LogP contribution in [-0.2, 0) is 0 Å². The molecule has 23 heavy (non-hydrogen) atoms. The Morgan fingerprint density at radius 1 is 1.22 bits per heavy atom. The number of piperidine rings is 1. The fourth-order valence-corrected chi connectivity index (χ4v) is 2.88. The molecule has 1 aromatic carbocycles. The van der Waals surface area contributed by atoms with Crippen LogP contribution in [0.1, 0.15) is 18.5 Å². The number of nitrogens with zero attached hydrogens (tertiary/aromatic N) is 3. The van der Waals surface area contributed by atoms with Crippen LogP contribution in [0.4, 0.5) is 15.9 Å². The summed E-state index contributed by atoms with van der Waals surface area (Å²) in [7, 11) is 0. The van der Waals surface area contributed by atoms with Gasteiger partial charge in [0.05, 0.1) is 10.7 Å². The van der Waals surface area contributed by atoms with Gasteiger partial charge in [0.25, 0.3) is 0 Å². The minimum atomic E-state index is -0.229. The SMILES string of the molecule is N#Cc1nc(N2CCC(Nc3ccccc3F)CC2)ccc1Cl. The Hall–Kier alpha value is -2.32. The van der Waals surface area contributed by atoms with Crippen LogP contribution in [0.15, 0.2) is 36.4 Å². The minimum absolute atomic E-state index is 0.228. The number of nitrogens with one attached hydrogen (secondary N) is 1. The summed E-state index contributed by atoms with van der Waals surface area (Å²) in [4.78, 5) is 6.41. The molecule has 0 saturated carbocycles.